The second-order valence-electron chi connectivity index (χ2n) is 6.81. The fourth-order valence-electron chi connectivity index (χ4n) is 3.76. The minimum absolute atomic E-state index is 0.108. The van der Waals surface area contributed by atoms with Crippen molar-refractivity contribution in [2.75, 3.05) is 25.1 Å². The van der Waals surface area contributed by atoms with E-state index in [1.54, 1.807) is 0 Å². The molecule has 21 heavy (non-hydrogen) atoms. The Morgan fingerprint density at radius 1 is 1.14 bits per heavy atom. The highest BCUT2D eigenvalue weighted by Crippen LogP contribution is 2.26. The van der Waals surface area contributed by atoms with E-state index >= 15 is 0 Å². The van der Waals surface area contributed by atoms with E-state index in [9.17, 15) is 13.2 Å². The standard InChI is InChI=1S/C15H28N2O3S/c1-12(2)16-8-4-6-13(16)10-15(18)17-9-5-7-14(17)11-21(3,19)20/h12-14H,4-11H2,1-3H3/t13-,14?/m0/s1. The third kappa shape index (κ3) is 4.42. The number of hydrogen-bond acceptors (Lipinski definition) is 4. The minimum Gasteiger partial charge on any atom is -0.339 e. The fourth-order valence-corrected chi connectivity index (χ4v) is 4.81. The Bertz CT molecular complexity index is 475. The van der Waals surface area contributed by atoms with E-state index in [-0.39, 0.29) is 17.7 Å². The van der Waals surface area contributed by atoms with Gasteiger partial charge in [0.05, 0.1) is 5.75 Å². The van der Waals surface area contributed by atoms with Gasteiger partial charge in [-0.3, -0.25) is 9.69 Å². The van der Waals surface area contributed by atoms with Gasteiger partial charge in [-0.15, -0.1) is 0 Å². The summed E-state index contributed by atoms with van der Waals surface area (Å²) in [5, 5.41) is 0. The summed E-state index contributed by atoms with van der Waals surface area (Å²) in [4.78, 5) is 16.8. The van der Waals surface area contributed by atoms with Crippen molar-refractivity contribution in [2.24, 2.45) is 0 Å². The Kier molecular flexibility index (Phi) is 5.30. The van der Waals surface area contributed by atoms with E-state index in [1.807, 2.05) is 4.90 Å². The van der Waals surface area contributed by atoms with Crippen LogP contribution >= 0.6 is 0 Å². The number of likely N-dealkylation sites (tertiary alicyclic amines) is 2. The van der Waals surface area contributed by atoms with Gasteiger partial charge in [0, 0.05) is 37.3 Å². The highest BCUT2D eigenvalue weighted by Gasteiger charge is 2.34. The zero-order valence-corrected chi connectivity index (χ0v) is 14.2. The molecule has 0 bridgehead atoms. The molecular formula is C15H28N2O3S. The molecule has 2 aliphatic heterocycles. The van der Waals surface area contributed by atoms with Crippen molar-refractivity contribution in [3.05, 3.63) is 0 Å². The monoisotopic (exact) mass is 316 g/mol. The summed E-state index contributed by atoms with van der Waals surface area (Å²) in [7, 11) is -3.03. The fraction of sp³-hybridized carbons (Fsp3) is 0.933. The number of hydrogen-bond donors (Lipinski definition) is 0. The Labute approximate surface area is 128 Å². The van der Waals surface area contributed by atoms with Crippen LogP contribution in [0, 0.1) is 0 Å². The summed E-state index contributed by atoms with van der Waals surface area (Å²) in [6.07, 6.45) is 5.77. The molecule has 0 aromatic carbocycles. The van der Waals surface area contributed by atoms with Gasteiger partial charge in [0.15, 0.2) is 0 Å². The van der Waals surface area contributed by atoms with Crippen LogP contribution in [0.15, 0.2) is 0 Å². The average Bonchev–Trinajstić information content (AvgIpc) is 2.95. The molecular weight excluding hydrogens is 288 g/mol. The van der Waals surface area contributed by atoms with E-state index in [4.69, 9.17) is 0 Å². The SMILES string of the molecule is CC(C)N1CCC[C@H]1CC(=O)N1CCCC1CS(C)(=O)=O. The molecule has 0 aliphatic carbocycles. The van der Waals surface area contributed by atoms with Gasteiger partial charge in [-0.05, 0) is 46.1 Å². The van der Waals surface area contributed by atoms with Gasteiger partial charge >= 0.3 is 0 Å². The summed E-state index contributed by atoms with van der Waals surface area (Å²) < 4.78 is 23.0. The van der Waals surface area contributed by atoms with E-state index < -0.39 is 9.84 Å². The molecule has 2 aliphatic rings. The van der Waals surface area contributed by atoms with E-state index in [2.05, 4.69) is 18.7 Å². The molecule has 1 unspecified atom stereocenters. The molecule has 0 aromatic rings. The van der Waals surface area contributed by atoms with Gasteiger partial charge in [-0.1, -0.05) is 0 Å². The summed E-state index contributed by atoms with van der Waals surface area (Å²) in [6.45, 7) is 6.13. The highest BCUT2D eigenvalue weighted by molar-refractivity contribution is 7.90. The van der Waals surface area contributed by atoms with Crippen molar-refractivity contribution < 1.29 is 13.2 Å². The molecule has 1 amide bonds. The number of carbonyl (C=O) groups is 1. The van der Waals surface area contributed by atoms with Crippen LogP contribution in [-0.4, -0.2) is 67.3 Å². The van der Waals surface area contributed by atoms with Crippen LogP contribution < -0.4 is 0 Å². The maximum atomic E-state index is 12.6. The Balaban J connectivity index is 1.96. The molecule has 122 valence electrons. The molecule has 0 radical (unpaired) electrons. The van der Waals surface area contributed by atoms with Gasteiger partial charge in [0.1, 0.15) is 9.84 Å². The van der Waals surface area contributed by atoms with Gasteiger partial charge in [-0.25, -0.2) is 8.42 Å². The Hall–Kier alpha value is -0.620. The van der Waals surface area contributed by atoms with Crippen LogP contribution in [0.25, 0.3) is 0 Å². The predicted octanol–water partition coefficient (Wildman–Crippen LogP) is 1.28. The lowest BCUT2D eigenvalue weighted by Crippen LogP contribution is -2.43. The van der Waals surface area contributed by atoms with Crippen LogP contribution in [0.3, 0.4) is 0 Å². The lowest BCUT2D eigenvalue weighted by Gasteiger charge is -2.31. The first kappa shape index (κ1) is 16.7. The number of nitrogens with zero attached hydrogens (tertiary/aromatic N) is 2. The first-order valence-corrected chi connectivity index (χ1v) is 10.1. The average molecular weight is 316 g/mol. The zero-order valence-electron chi connectivity index (χ0n) is 13.4. The number of rotatable bonds is 5. The first-order chi connectivity index (χ1) is 9.78. The maximum Gasteiger partial charge on any atom is 0.224 e. The molecule has 6 heteroatoms. The largest absolute Gasteiger partial charge is 0.339 e. The van der Waals surface area contributed by atoms with Crippen molar-refractivity contribution in [1.29, 1.82) is 0 Å². The first-order valence-electron chi connectivity index (χ1n) is 8.01. The summed E-state index contributed by atoms with van der Waals surface area (Å²) in [5.74, 6) is 0.246. The second-order valence-corrected chi connectivity index (χ2v) is 8.99. The normalized spacial score (nSPS) is 27.7. The third-order valence-corrected chi connectivity index (χ3v) is 5.68. The van der Waals surface area contributed by atoms with Crippen LogP contribution in [0.2, 0.25) is 0 Å². The predicted molar refractivity (Wildman–Crippen MR) is 83.9 cm³/mol. The lowest BCUT2D eigenvalue weighted by atomic mass is 10.1. The van der Waals surface area contributed by atoms with Crippen molar-refractivity contribution in [3.63, 3.8) is 0 Å². The molecule has 0 saturated carbocycles. The number of amides is 1. The molecule has 0 spiro atoms. The summed E-state index contributed by atoms with van der Waals surface area (Å²) in [5.41, 5.74) is 0. The summed E-state index contributed by atoms with van der Waals surface area (Å²) in [6, 6.07) is 0.689. The van der Waals surface area contributed by atoms with Crippen molar-refractivity contribution >= 4 is 15.7 Å². The molecule has 2 saturated heterocycles. The van der Waals surface area contributed by atoms with Gasteiger partial charge in [-0.2, -0.15) is 0 Å². The van der Waals surface area contributed by atoms with Crippen molar-refractivity contribution in [2.45, 2.75) is 64.1 Å². The van der Waals surface area contributed by atoms with Gasteiger partial charge in [0.2, 0.25) is 5.91 Å². The molecule has 2 rings (SSSR count). The molecule has 2 heterocycles. The van der Waals surface area contributed by atoms with Crippen LogP contribution in [0.1, 0.15) is 46.0 Å². The molecule has 0 aromatic heterocycles. The van der Waals surface area contributed by atoms with Crippen LogP contribution in [-0.2, 0) is 14.6 Å². The Morgan fingerprint density at radius 3 is 2.38 bits per heavy atom. The topological polar surface area (TPSA) is 57.7 Å². The third-order valence-electron chi connectivity index (χ3n) is 4.69. The highest BCUT2D eigenvalue weighted by atomic mass is 32.2. The second kappa shape index (κ2) is 6.65. The quantitative estimate of drug-likeness (QED) is 0.767. The lowest BCUT2D eigenvalue weighted by molar-refractivity contribution is -0.132. The number of sulfone groups is 1. The van der Waals surface area contributed by atoms with Crippen LogP contribution in [0.4, 0.5) is 0 Å². The smallest absolute Gasteiger partial charge is 0.224 e. The molecule has 0 N–H and O–H groups in total. The Morgan fingerprint density at radius 2 is 1.76 bits per heavy atom. The van der Waals surface area contributed by atoms with E-state index in [1.165, 1.54) is 6.26 Å². The van der Waals surface area contributed by atoms with Crippen molar-refractivity contribution in [3.8, 4) is 0 Å². The van der Waals surface area contributed by atoms with Crippen molar-refractivity contribution in [1.82, 2.24) is 9.80 Å². The maximum absolute atomic E-state index is 12.6. The minimum atomic E-state index is -3.03. The molecule has 2 fully saturated rings. The van der Waals surface area contributed by atoms with E-state index in [0.717, 1.165) is 32.2 Å². The summed E-state index contributed by atoms with van der Waals surface area (Å²) >= 11 is 0. The molecule has 2 atom stereocenters. The van der Waals surface area contributed by atoms with Gasteiger partial charge < -0.3 is 4.90 Å². The van der Waals surface area contributed by atoms with Crippen LogP contribution in [0.5, 0.6) is 0 Å². The zero-order chi connectivity index (χ0) is 15.6. The number of carbonyl (C=O) groups excluding carboxylic acids is 1. The van der Waals surface area contributed by atoms with Gasteiger partial charge in [0.25, 0.3) is 0 Å². The molecule has 5 nitrogen and oxygen atoms in total. The van der Waals surface area contributed by atoms with E-state index in [0.29, 0.717) is 25.0 Å².